The fourth-order valence-electron chi connectivity index (χ4n) is 2.96. The van der Waals surface area contributed by atoms with E-state index in [9.17, 15) is 0 Å². The minimum absolute atomic E-state index is 0.436. The van der Waals surface area contributed by atoms with Crippen molar-refractivity contribution in [3.8, 4) is 0 Å². The molecule has 1 aliphatic carbocycles. The zero-order valence-electron chi connectivity index (χ0n) is 8.86. The maximum absolute atomic E-state index is 6.31. The molecule has 2 bridgehead atoms. The second-order valence-electron chi connectivity index (χ2n) is 5.25. The van der Waals surface area contributed by atoms with Crippen molar-refractivity contribution in [1.82, 2.24) is 9.80 Å². The van der Waals surface area contributed by atoms with Gasteiger partial charge in [0, 0.05) is 44.8 Å². The highest BCUT2D eigenvalue weighted by Gasteiger charge is 2.37. The van der Waals surface area contributed by atoms with E-state index in [1.54, 1.807) is 0 Å². The van der Waals surface area contributed by atoms with Gasteiger partial charge in [-0.05, 0) is 12.3 Å². The fraction of sp³-hybridized carbons (Fsp3) is 1.00. The molecule has 2 N–H and O–H groups in total. The highest BCUT2D eigenvalue weighted by molar-refractivity contribution is 4.95. The molecule has 2 unspecified atom stereocenters. The van der Waals surface area contributed by atoms with Crippen LogP contribution < -0.4 is 5.73 Å². The van der Waals surface area contributed by atoms with E-state index in [2.05, 4.69) is 9.80 Å². The summed E-state index contributed by atoms with van der Waals surface area (Å²) in [5.74, 6) is 0.974. The zero-order valence-corrected chi connectivity index (χ0v) is 8.86. The van der Waals surface area contributed by atoms with Crippen molar-refractivity contribution in [2.75, 3.05) is 32.7 Å². The Labute approximate surface area is 86.2 Å². The molecule has 0 aromatic carbocycles. The standard InChI is InChI=1S/C11H21N3/c12-10(7-9-1-2-9)11-8-13-3-5-14(11)6-4-13/h9-11H,1-8,12H2. The van der Waals surface area contributed by atoms with Gasteiger partial charge in [0.05, 0.1) is 0 Å². The highest BCUT2D eigenvalue weighted by atomic mass is 15.3. The van der Waals surface area contributed by atoms with E-state index in [0.29, 0.717) is 12.1 Å². The summed E-state index contributed by atoms with van der Waals surface area (Å²) in [6.45, 7) is 6.28. The van der Waals surface area contributed by atoms with Gasteiger partial charge in [0.2, 0.25) is 0 Å². The number of hydrogen-bond acceptors (Lipinski definition) is 3. The van der Waals surface area contributed by atoms with Crippen molar-refractivity contribution in [2.45, 2.75) is 31.3 Å². The van der Waals surface area contributed by atoms with Crippen LogP contribution >= 0.6 is 0 Å². The third-order valence-electron chi connectivity index (χ3n) is 4.12. The zero-order chi connectivity index (χ0) is 9.54. The highest BCUT2D eigenvalue weighted by Crippen LogP contribution is 2.34. The Hall–Kier alpha value is -0.120. The van der Waals surface area contributed by atoms with Crippen molar-refractivity contribution < 1.29 is 0 Å². The summed E-state index contributed by atoms with van der Waals surface area (Å²) in [6.07, 6.45) is 4.14. The molecule has 3 saturated heterocycles. The van der Waals surface area contributed by atoms with Gasteiger partial charge in [0.25, 0.3) is 0 Å². The normalized spacial score (nSPS) is 43.9. The summed E-state index contributed by atoms with van der Waals surface area (Å²) < 4.78 is 0. The van der Waals surface area contributed by atoms with Crippen LogP contribution in [0.1, 0.15) is 19.3 Å². The van der Waals surface area contributed by atoms with Crippen molar-refractivity contribution in [1.29, 1.82) is 0 Å². The molecule has 0 aromatic heterocycles. The largest absolute Gasteiger partial charge is 0.326 e. The smallest absolute Gasteiger partial charge is 0.0375 e. The van der Waals surface area contributed by atoms with Crippen LogP contribution in [-0.4, -0.2) is 54.6 Å². The third-order valence-corrected chi connectivity index (χ3v) is 4.12. The monoisotopic (exact) mass is 195 g/mol. The molecule has 4 rings (SSSR count). The minimum Gasteiger partial charge on any atom is -0.326 e. The summed E-state index contributed by atoms with van der Waals surface area (Å²) in [5, 5.41) is 0. The molecule has 3 heterocycles. The molecule has 80 valence electrons. The second-order valence-corrected chi connectivity index (χ2v) is 5.25. The van der Waals surface area contributed by atoms with Crippen LogP contribution in [0.3, 0.4) is 0 Å². The van der Waals surface area contributed by atoms with E-state index < -0.39 is 0 Å². The molecule has 1 saturated carbocycles. The van der Waals surface area contributed by atoms with Crippen molar-refractivity contribution in [3.63, 3.8) is 0 Å². The van der Waals surface area contributed by atoms with Gasteiger partial charge in [0.15, 0.2) is 0 Å². The molecular formula is C11H21N3. The minimum atomic E-state index is 0.436. The predicted molar refractivity (Wildman–Crippen MR) is 57.1 cm³/mol. The molecule has 2 atom stereocenters. The van der Waals surface area contributed by atoms with Crippen LogP contribution in [0.5, 0.6) is 0 Å². The number of rotatable bonds is 3. The average Bonchev–Trinajstić information content (AvgIpc) is 3.03. The summed E-state index contributed by atoms with van der Waals surface area (Å²) in [6, 6.07) is 1.10. The molecule has 3 nitrogen and oxygen atoms in total. The average molecular weight is 195 g/mol. The SMILES string of the molecule is NC(CC1CC1)C1CN2CCN1CC2. The van der Waals surface area contributed by atoms with Crippen LogP contribution in [0.2, 0.25) is 0 Å². The first-order chi connectivity index (χ1) is 6.83. The first-order valence-electron chi connectivity index (χ1n) is 6.05. The van der Waals surface area contributed by atoms with Crippen molar-refractivity contribution in [2.24, 2.45) is 11.7 Å². The molecule has 3 aliphatic heterocycles. The van der Waals surface area contributed by atoms with E-state index in [0.717, 1.165) is 5.92 Å². The Morgan fingerprint density at radius 3 is 2.36 bits per heavy atom. The van der Waals surface area contributed by atoms with Gasteiger partial charge in [-0.2, -0.15) is 0 Å². The Morgan fingerprint density at radius 2 is 1.86 bits per heavy atom. The van der Waals surface area contributed by atoms with Gasteiger partial charge >= 0.3 is 0 Å². The summed E-state index contributed by atoms with van der Waals surface area (Å²) in [7, 11) is 0. The molecule has 3 heteroatoms. The predicted octanol–water partition coefficient (Wildman–Crippen LogP) is 0.114. The van der Waals surface area contributed by atoms with Gasteiger partial charge in [0.1, 0.15) is 0 Å². The van der Waals surface area contributed by atoms with Crippen LogP contribution in [0, 0.1) is 5.92 Å². The van der Waals surface area contributed by atoms with Gasteiger partial charge in [-0.3, -0.25) is 9.80 Å². The molecule has 0 radical (unpaired) electrons. The van der Waals surface area contributed by atoms with Gasteiger partial charge < -0.3 is 5.73 Å². The molecule has 0 aromatic rings. The van der Waals surface area contributed by atoms with Crippen LogP contribution in [-0.2, 0) is 0 Å². The van der Waals surface area contributed by atoms with E-state index in [4.69, 9.17) is 5.73 Å². The van der Waals surface area contributed by atoms with Crippen LogP contribution in [0.15, 0.2) is 0 Å². The summed E-state index contributed by atoms with van der Waals surface area (Å²) in [5.41, 5.74) is 6.31. The number of hydrogen-bond donors (Lipinski definition) is 1. The van der Waals surface area contributed by atoms with Crippen LogP contribution in [0.4, 0.5) is 0 Å². The topological polar surface area (TPSA) is 32.5 Å². The molecule has 14 heavy (non-hydrogen) atoms. The van der Waals surface area contributed by atoms with Crippen LogP contribution in [0.25, 0.3) is 0 Å². The lowest BCUT2D eigenvalue weighted by molar-refractivity contribution is 0.000721. The van der Waals surface area contributed by atoms with E-state index >= 15 is 0 Å². The number of nitrogens with zero attached hydrogens (tertiary/aromatic N) is 2. The van der Waals surface area contributed by atoms with Crippen molar-refractivity contribution >= 4 is 0 Å². The Balaban J connectivity index is 1.60. The summed E-state index contributed by atoms with van der Waals surface area (Å²) >= 11 is 0. The lowest BCUT2D eigenvalue weighted by Crippen LogP contribution is -2.65. The molecule has 0 spiro atoms. The summed E-state index contributed by atoms with van der Waals surface area (Å²) in [4.78, 5) is 5.20. The first-order valence-corrected chi connectivity index (χ1v) is 6.05. The maximum atomic E-state index is 6.31. The van der Waals surface area contributed by atoms with Crippen molar-refractivity contribution in [3.05, 3.63) is 0 Å². The lowest BCUT2D eigenvalue weighted by atomic mass is 9.97. The Bertz CT molecular complexity index is 207. The number of nitrogens with two attached hydrogens (primary N) is 1. The number of piperazine rings is 3. The third kappa shape index (κ3) is 1.69. The van der Waals surface area contributed by atoms with E-state index in [1.165, 1.54) is 52.0 Å². The van der Waals surface area contributed by atoms with E-state index in [1.807, 2.05) is 0 Å². The molecule has 4 aliphatic rings. The van der Waals surface area contributed by atoms with Gasteiger partial charge in [-0.25, -0.2) is 0 Å². The molecular weight excluding hydrogens is 174 g/mol. The molecule has 4 fully saturated rings. The number of fused-ring (bicyclic) bond motifs is 3. The first kappa shape index (κ1) is 9.13. The van der Waals surface area contributed by atoms with Gasteiger partial charge in [-0.1, -0.05) is 12.8 Å². The Morgan fingerprint density at radius 1 is 1.14 bits per heavy atom. The fourth-order valence-corrected chi connectivity index (χ4v) is 2.96. The quantitative estimate of drug-likeness (QED) is 0.694. The lowest BCUT2D eigenvalue weighted by Gasteiger charge is -2.49. The Kier molecular flexibility index (Phi) is 2.26. The maximum Gasteiger partial charge on any atom is 0.0375 e. The molecule has 0 amide bonds. The van der Waals surface area contributed by atoms with Gasteiger partial charge in [-0.15, -0.1) is 0 Å². The van der Waals surface area contributed by atoms with E-state index in [-0.39, 0.29) is 0 Å². The second kappa shape index (κ2) is 3.47.